The van der Waals surface area contributed by atoms with Crippen molar-refractivity contribution in [3.8, 4) is 5.75 Å². The number of carbonyl (C=O) groups is 3. The lowest BCUT2D eigenvalue weighted by Gasteiger charge is -2.36. The lowest BCUT2D eigenvalue weighted by atomic mass is 9.74. The molecule has 0 bridgehead atoms. The molecule has 8 heteroatoms. The molecule has 0 aromatic heterocycles. The lowest BCUT2D eigenvalue weighted by Crippen LogP contribution is -2.60. The zero-order valence-electron chi connectivity index (χ0n) is 22.9. The summed E-state index contributed by atoms with van der Waals surface area (Å²) >= 11 is 0. The monoisotopic (exact) mass is 502 g/mol. The molecule has 1 amide bonds. The minimum absolute atomic E-state index is 0.0597. The van der Waals surface area contributed by atoms with Crippen LogP contribution in [-0.4, -0.2) is 46.7 Å². The van der Waals surface area contributed by atoms with Gasteiger partial charge in [-0.25, -0.2) is 9.59 Å². The summed E-state index contributed by atoms with van der Waals surface area (Å²) in [6.07, 6.45) is 2.55. The van der Waals surface area contributed by atoms with Crippen LogP contribution in [0.15, 0.2) is 36.0 Å². The molecule has 0 saturated heterocycles. The fourth-order valence-electron chi connectivity index (χ4n) is 4.56. The maximum atomic E-state index is 14.2. The quantitative estimate of drug-likeness (QED) is 0.399. The van der Waals surface area contributed by atoms with E-state index in [9.17, 15) is 19.5 Å². The average molecular weight is 503 g/mol. The zero-order valence-corrected chi connectivity index (χ0v) is 22.9. The number of ether oxygens (including phenoxy) is 2. The Balaban J connectivity index is 2.55. The molecule has 0 saturated carbocycles. The second-order valence-electron chi connectivity index (χ2n) is 11.5. The van der Waals surface area contributed by atoms with Gasteiger partial charge in [-0.3, -0.25) is 4.79 Å². The third kappa shape index (κ3) is 7.02. The number of benzene rings is 1. The van der Waals surface area contributed by atoms with Crippen molar-refractivity contribution in [1.82, 2.24) is 10.6 Å². The highest BCUT2D eigenvalue weighted by atomic mass is 16.6. The number of amides is 1. The fourth-order valence-corrected chi connectivity index (χ4v) is 4.56. The second kappa shape index (κ2) is 11.4. The van der Waals surface area contributed by atoms with Crippen LogP contribution in [-0.2, 0) is 25.5 Å². The standard InChI is InChI=1S/C28H42N2O6/c1-18(2)13-14-27(16-20-9-11-21(31)12-10-20)23(32)22(17-29-27)28(15-19(3)4,24(33)35-8)30-25(34)36-26(5,6)7/h9-12,17-19,29,31H,13-16H2,1-8H3,(H,30,34)/t27-,28-/m1/s1. The van der Waals surface area contributed by atoms with E-state index in [0.29, 0.717) is 18.8 Å². The number of carbonyl (C=O) groups excluding carboxylic acids is 3. The van der Waals surface area contributed by atoms with Crippen LogP contribution in [0.3, 0.4) is 0 Å². The molecule has 0 fully saturated rings. The Hall–Kier alpha value is -3.03. The number of Topliss-reactive ketones (excluding diaryl/α,β-unsaturated/α-hetero) is 1. The summed E-state index contributed by atoms with van der Waals surface area (Å²) in [7, 11) is 1.24. The molecule has 1 aliphatic heterocycles. The van der Waals surface area contributed by atoms with Crippen LogP contribution in [0, 0.1) is 11.8 Å². The first kappa shape index (κ1) is 29.2. The first-order valence-corrected chi connectivity index (χ1v) is 12.5. The van der Waals surface area contributed by atoms with Crippen LogP contribution >= 0.6 is 0 Å². The highest BCUT2D eigenvalue weighted by Crippen LogP contribution is 2.38. The summed E-state index contributed by atoms with van der Waals surface area (Å²) in [4.78, 5) is 40.5. The van der Waals surface area contributed by atoms with Crippen LogP contribution < -0.4 is 10.6 Å². The fraction of sp³-hybridized carbons (Fsp3) is 0.607. The number of rotatable bonds is 10. The van der Waals surface area contributed by atoms with Crippen molar-refractivity contribution >= 4 is 17.8 Å². The summed E-state index contributed by atoms with van der Waals surface area (Å²) in [6, 6.07) is 6.72. The van der Waals surface area contributed by atoms with E-state index in [1.54, 1.807) is 51.2 Å². The molecule has 36 heavy (non-hydrogen) atoms. The normalized spacial score (nSPS) is 19.5. The van der Waals surface area contributed by atoms with Gasteiger partial charge in [-0.2, -0.15) is 0 Å². The topological polar surface area (TPSA) is 114 Å². The van der Waals surface area contributed by atoms with Gasteiger partial charge >= 0.3 is 12.1 Å². The van der Waals surface area contributed by atoms with Gasteiger partial charge in [0.05, 0.1) is 12.7 Å². The first-order chi connectivity index (χ1) is 16.6. The zero-order chi connectivity index (χ0) is 27.3. The number of nitrogens with one attached hydrogen (secondary N) is 2. The van der Waals surface area contributed by atoms with Gasteiger partial charge in [0.15, 0.2) is 11.3 Å². The van der Waals surface area contributed by atoms with E-state index in [1.807, 2.05) is 13.8 Å². The maximum absolute atomic E-state index is 14.2. The van der Waals surface area contributed by atoms with E-state index in [-0.39, 0.29) is 29.4 Å². The van der Waals surface area contributed by atoms with Crippen molar-refractivity contribution in [2.75, 3.05) is 7.11 Å². The largest absolute Gasteiger partial charge is 0.508 e. The van der Waals surface area contributed by atoms with Gasteiger partial charge < -0.3 is 25.2 Å². The summed E-state index contributed by atoms with van der Waals surface area (Å²) in [5.74, 6) is -0.564. The minimum atomic E-state index is -1.72. The molecule has 3 N–H and O–H groups in total. The van der Waals surface area contributed by atoms with Crippen molar-refractivity contribution in [3.05, 3.63) is 41.6 Å². The summed E-state index contributed by atoms with van der Waals surface area (Å²) < 4.78 is 10.6. The Labute approximate surface area is 214 Å². The number of esters is 1. The molecule has 0 radical (unpaired) electrons. The van der Waals surface area contributed by atoms with E-state index < -0.39 is 28.7 Å². The van der Waals surface area contributed by atoms with Crippen LogP contribution in [0.4, 0.5) is 4.79 Å². The number of hydrogen-bond acceptors (Lipinski definition) is 7. The SMILES string of the molecule is COC(=O)[C@](CC(C)C)(NC(=O)OC(C)(C)C)C1=CN[C@](CCC(C)C)(Cc2ccc(O)cc2)C1=O. The van der Waals surface area contributed by atoms with E-state index >= 15 is 0 Å². The molecule has 2 atom stereocenters. The number of phenols is 1. The van der Waals surface area contributed by atoms with E-state index in [1.165, 1.54) is 7.11 Å². The van der Waals surface area contributed by atoms with Gasteiger partial charge in [-0.05, 0) is 69.6 Å². The summed E-state index contributed by atoms with van der Waals surface area (Å²) in [5, 5.41) is 15.7. The molecule has 0 unspecified atom stereocenters. The molecule has 200 valence electrons. The maximum Gasteiger partial charge on any atom is 0.408 e. The lowest BCUT2D eigenvalue weighted by molar-refractivity contribution is -0.148. The third-order valence-corrected chi connectivity index (χ3v) is 6.19. The van der Waals surface area contributed by atoms with Gasteiger partial charge in [0.25, 0.3) is 0 Å². The van der Waals surface area contributed by atoms with Crippen molar-refractivity contribution in [2.45, 2.75) is 90.8 Å². The Kier molecular flexibility index (Phi) is 9.21. The first-order valence-electron chi connectivity index (χ1n) is 12.5. The summed E-state index contributed by atoms with van der Waals surface area (Å²) in [5.41, 5.74) is -2.52. The predicted octanol–water partition coefficient (Wildman–Crippen LogP) is 4.65. The number of methoxy groups -OCH3 is 1. The van der Waals surface area contributed by atoms with Crippen LogP contribution in [0.25, 0.3) is 0 Å². The third-order valence-electron chi connectivity index (χ3n) is 6.19. The smallest absolute Gasteiger partial charge is 0.408 e. The van der Waals surface area contributed by atoms with Crippen LogP contribution in [0.5, 0.6) is 5.75 Å². The number of hydrogen-bond donors (Lipinski definition) is 3. The molecule has 8 nitrogen and oxygen atoms in total. The predicted molar refractivity (Wildman–Crippen MR) is 138 cm³/mol. The number of aromatic hydroxyl groups is 1. The molecule has 0 aliphatic carbocycles. The minimum Gasteiger partial charge on any atom is -0.508 e. The van der Waals surface area contributed by atoms with Gasteiger partial charge in [0, 0.05) is 12.6 Å². The van der Waals surface area contributed by atoms with Gasteiger partial charge in [-0.1, -0.05) is 39.8 Å². The highest BCUT2D eigenvalue weighted by Gasteiger charge is 2.55. The molecule has 2 rings (SSSR count). The van der Waals surface area contributed by atoms with E-state index in [2.05, 4.69) is 24.5 Å². The van der Waals surface area contributed by atoms with Crippen molar-refractivity contribution in [3.63, 3.8) is 0 Å². The summed E-state index contributed by atoms with van der Waals surface area (Å²) in [6.45, 7) is 13.2. The van der Waals surface area contributed by atoms with E-state index in [4.69, 9.17) is 9.47 Å². The molecular weight excluding hydrogens is 460 g/mol. The average Bonchev–Trinajstić information content (AvgIpc) is 3.07. The van der Waals surface area contributed by atoms with Crippen LogP contribution in [0.2, 0.25) is 0 Å². The molecule has 0 spiro atoms. The number of phenolic OH excluding ortho intramolecular Hbond substituents is 1. The Bertz CT molecular complexity index is 977. The van der Waals surface area contributed by atoms with Crippen LogP contribution in [0.1, 0.15) is 73.3 Å². The van der Waals surface area contributed by atoms with Gasteiger partial charge in [-0.15, -0.1) is 0 Å². The molecule has 1 aromatic rings. The van der Waals surface area contributed by atoms with Crippen molar-refractivity contribution in [2.24, 2.45) is 11.8 Å². The highest BCUT2D eigenvalue weighted by molar-refractivity contribution is 6.12. The molecular formula is C28H42N2O6. The van der Waals surface area contributed by atoms with Crippen molar-refractivity contribution < 1.29 is 29.0 Å². The Morgan fingerprint density at radius 3 is 2.19 bits per heavy atom. The Morgan fingerprint density at radius 1 is 1.08 bits per heavy atom. The number of alkyl carbamates (subject to hydrolysis) is 1. The second-order valence-corrected chi connectivity index (χ2v) is 11.5. The van der Waals surface area contributed by atoms with Gasteiger partial charge in [0.1, 0.15) is 16.9 Å². The number of ketones is 1. The van der Waals surface area contributed by atoms with E-state index in [0.717, 1.165) is 12.0 Å². The Morgan fingerprint density at radius 2 is 1.69 bits per heavy atom. The molecule has 1 heterocycles. The molecule has 1 aromatic carbocycles. The molecule has 1 aliphatic rings. The van der Waals surface area contributed by atoms with Crippen molar-refractivity contribution in [1.29, 1.82) is 0 Å². The van der Waals surface area contributed by atoms with Gasteiger partial charge in [0.2, 0.25) is 0 Å².